The molecular weight excluding hydrogens is 415 g/mol. The molecule has 0 radical (unpaired) electrons. The van der Waals surface area contributed by atoms with Gasteiger partial charge in [-0.05, 0) is 26.0 Å². The van der Waals surface area contributed by atoms with Crippen molar-refractivity contribution in [1.82, 2.24) is 9.97 Å². The van der Waals surface area contributed by atoms with E-state index in [1.807, 2.05) is 26.0 Å². The van der Waals surface area contributed by atoms with Gasteiger partial charge in [-0.2, -0.15) is 0 Å². The fraction of sp³-hybridized carbons (Fsp3) is 0.143. The Kier molecular flexibility index (Phi) is 5.31. The minimum absolute atomic E-state index is 1.00. The van der Waals surface area contributed by atoms with Crippen molar-refractivity contribution in [2.75, 3.05) is 0 Å². The molecule has 3 rings (SSSR count). The Hall–Kier alpha value is -0.506. The fourth-order valence-electron chi connectivity index (χ4n) is 1.96. The standard InChI is InChI=1S/C14H12N2.2BrH.Ni/c1-9-3-5-11-7-8-12-6-4-10(2)16-14(12)13(11)15-9;;;/h3-8H,1-2H3;2*1H;/q;;;+2/p-2. The van der Waals surface area contributed by atoms with Gasteiger partial charge in [-0.1, -0.05) is 24.3 Å². The fourth-order valence-corrected chi connectivity index (χ4v) is 1.96. The molecule has 0 N–H and O–H groups in total. The Bertz CT molecular complexity index is 655. The Labute approximate surface area is 132 Å². The molecule has 2 heterocycles. The minimum atomic E-state index is 1.00. The Balaban J connectivity index is 0.000000408. The summed E-state index contributed by atoms with van der Waals surface area (Å²) >= 11 is 6.00. The van der Waals surface area contributed by atoms with Gasteiger partial charge in [-0.15, -0.1) is 0 Å². The maximum absolute atomic E-state index is 4.58. The molecule has 0 bridgehead atoms. The van der Waals surface area contributed by atoms with Crippen LogP contribution in [0.5, 0.6) is 0 Å². The van der Waals surface area contributed by atoms with Crippen molar-refractivity contribution in [1.29, 1.82) is 0 Å². The van der Waals surface area contributed by atoms with E-state index in [0.717, 1.165) is 33.2 Å². The van der Waals surface area contributed by atoms with E-state index < -0.39 is 0 Å². The molecule has 2 aromatic heterocycles. The SMILES string of the molecule is Cc1ccc2ccc3ccc(C)nc3c2n1.[Br][Ni][Br]. The number of nitrogens with zero attached hydrogens (tertiary/aromatic N) is 2. The van der Waals surface area contributed by atoms with E-state index in [1.54, 1.807) is 0 Å². The van der Waals surface area contributed by atoms with Gasteiger partial charge in [-0.25, -0.2) is 0 Å². The second-order valence-electron chi connectivity index (χ2n) is 4.16. The maximum atomic E-state index is 4.58. The number of benzene rings is 1. The quantitative estimate of drug-likeness (QED) is 0.370. The van der Waals surface area contributed by atoms with Gasteiger partial charge < -0.3 is 0 Å². The first-order valence-corrected chi connectivity index (χ1v) is 10.5. The summed E-state index contributed by atoms with van der Waals surface area (Å²) in [5.41, 5.74) is 4.06. The Morgan fingerprint density at radius 3 is 1.42 bits per heavy atom. The van der Waals surface area contributed by atoms with Crippen molar-refractivity contribution < 1.29 is 10.9 Å². The second-order valence-corrected chi connectivity index (χ2v) is 9.14. The summed E-state index contributed by atoms with van der Waals surface area (Å²) < 4.78 is 0. The zero-order valence-electron chi connectivity index (χ0n) is 10.4. The topological polar surface area (TPSA) is 25.8 Å². The van der Waals surface area contributed by atoms with Crippen LogP contribution in [0.1, 0.15) is 11.4 Å². The first-order valence-electron chi connectivity index (χ1n) is 5.62. The van der Waals surface area contributed by atoms with Gasteiger partial charge in [0.05, 0.1) is 11.0 Å². The van der Waals surface area contributed by atoms with Crippen LogP contribution in [-0.2, 0) is 10.9 Å². The number of hydrogen-bond donors (Lipinski definition) is 0. The molecule has 0 atom stereocenters. The number of aromatic nitrogens is 2. The van der Waals surface area contributed by atoms with Crippen molar-refractivity contribution in [3.8, 4) is 0 Å². The molecule has 0 unspecified atom stereocenters. The number of pyridine rings is 2. The van der Waals surface area contributed by atoms with E-state index in [0.29, 0.717) is 0 Å². The third kappa shape index (κ3) is 3.53. The zero-order chi connectivity index (χ0) is 13.8. The zero-order valence-corrected chi connectivity index (χ0v) is 14.6. The summed E-state index contributed by atoms with van der Waals surface area (Å²) in [5, 5.41) is 2.30. The molecule has 102 valence electrons. The van der Waals surface area contributed by atoms with Crippen LogP contribution < -0.4 is 0 Å². The number of aryl methyl sites for hydroxylation is 2. The second kappa shape index (κ2) is 6.78. The molecule has 0 fully saturated rings. The van der Waals surface area contributed by atoms with Gasteiger partial charge in [-0.3, -0.25) is 9.97 Å². The molecule has 0 spiro atoms. The van der Waals surface area contributed by atoms with Crippen LogP contribution in [0.4, 0.5) is 0 Å². The molecule has 0 aliphatic rings. The first kappa shape index (κ1) is 14.9. The summed E-state index contributed by atoms with van der Waals surface area (Å²) in [4.78, 5) is 9.16. The summed E-state index contributed by atoms with van der Waals surface area (Å²) in [6.07, 6.45) is 0. The number of rotatable bonds is 0. The molecule has 0 amide bonds. The van der Waals surface area contributed by atoms with Crippen molar-refractivity contribution in [2.45, 2.75) is 13.8 Å². The summed E-state index contributed by atoms with van der Waals surface area (Å²) in [6, 6.07) is 12.5. The molecule has 19 heavy (non-hydrogen) atoms. The summed E-state index contributed by atoms with van der Waals surface area (Å²) in [6.45, 7) is 4.02. The van der Waals surface area contributed by atoms with E-state index in [1.165, 1.54) is 10.9 Å². The van der Waals surface area contributed by atoms with Gasteiger partial charge >= 0.3 is 39.3 Å². The van der Waals surface area contributed by atoms with Crippen LogP contribution in [-0.4, -0.2) is 9.97 Å². The Morgan fingerprint density at radius 1 is 0.737 bits per heavy atom. The molecule has 0 saturated carbocycles. The van der Waals surface area contributed by atoms with Gasteiger partial charge in [0, 0.05) is 22.2 Å². The monoisotopic (exact) mass is 424 g/mol. The summed E-state index contributed by atoms with van der Waals surface area (Å²) in [5.74, 6) is 0. The van der Waals surface area contributed by atoms with Crippen LogP contribution >= 0.6 is 28.5 Å². The number of halogens is 2. The van der Waals surface area contributed by atoms with Crippen molar-refractivity contribution in [2.24, 2.45) is 0 Å². The third-order valence-electron chi connectivity index (χ3n) is 2.80. The van der Waals surface area contributed by atoms with Crippen LogP contribution in [0.15, 0.2) is 36.4 Å². The molecular formula is C14H12Br2N2Ni. The van der Waals surface area contributed by atoms with E-state index >= 15 is 0 Å². The van der Waals surface area contributed by atoms with Crippen LogP contribution in [0.25, 0.3) is 21.8 Å². The van der Waals surface area contributed by atoms with Crippen molar-refractivity contribution >= 4 is 50.3 Å². The van der Waals surface area contributed by atoms with Crippen molar-refractivity contribution in [3.05, 3.63) is 47.8 Å². The number of hydrogen-bond acceptors (Lipinski definition) is 2. The molecule has 2 nitrogen and oxygen atoms in total. The van der Waals surface area contributed by atoms with Gasteiger partial charge in [0.25, 0.3) is 0 Å². The van der Waals surface area contributed by atoms with E-state index in [2.05, 4.69) is 62.7 Å². The van der Waals surface area contributed by atoms with Crippen LogP contribution in [0, 0.1) is 13.8 Å². The molecule has 1 aromatic carbocycles. The average molecular weight is 427 g/mol. The normalized spacial score (nSPS) is 10.5. The summed E-state index contributed by atoms with van der Waals surface area (Å²) in [7, 11) is 1.25. The average Bonchev–Trinajstić information content (AvgIpc) is 2.39. The van der Waals surface area contributed by atoms with Gasteiger partial charge in [0.15, 0.2) is 0 Å². The van der Waals surface area contributed by atoms with E-state index in [4.69, 9.17) is 0 Å². The van der Waals surface area contributed by atoms with E-state index in [-0.39, 0.29) is 0 Å². The molecule has 0 aliphatic carbocycles. The van der Waals surface area contributed by atoms with Gasteiger partial charge in [0.1, 0.15) is 0 Å². The molecule has 3 aromatic rings. The predicted molar refractivity (Wildman–Crippen MR) is 84.4 cm³/mol. The van der Waals surface area contributed by atoms with Crippen LogP contribution in [0.2, 0.25) is 0 Å². The predicted octanol–water partition coefficient (Wildman–Crippen LogP) is 5.09. The third-order valence-corrected chi connectivity index (χ3v) is 2.80. The number of fused-ring (bicyclic) bond motifs is 3. The molecule has 5 heteroatoms. The van der Waals surface area contributed by atoms with Crippen LogP contribution in [0.3, 0.4) is 0 Å². The molecule has 0 saturated heterocycles. The van der Waals surface area contributed by atoms with E-state index in [9.17, 15) is 0 Å². The molecule has 0 aliphatic heterocycles. The Morgan fingerprint density at radius 2 is 1.05 bits per heavy atom. The van der Waals surface area contributed by atoms with Gasteiger partial charge in [0.2, 0.25) is 0 Å². The van der Waals surface area contributed by atoms with Crippen molar-refractivity contribution in [3.63, 3.8) is 0 Å². The first-order chi connectivity index (χ1) is 9.15.